The number of anilines is 1. The Hall–Kier alpha value is -1.95. The van der Waals surface area contributed by atoms with Crippen LogP contribution < -0.4 is 5.73 Å². The van der Waals surface area contributed by atoms with Crippen molar-refractivity contribution in [3.63, 3.8) is 0 Å². The van der Waals surface area contributed by atoms with Crippen LogP contribution in [0.1, 0.15) is 37.9 Å². The molecule has 0 spiro atoms. The van der Waals surface area contributed by atoms with Crippen molar-refractivity contribution in [2.24, 2.45) is 0 Å². The highest BCUT2D eigenvalue weighted by Crippen LogP contribution is 2.39. The van der Waals surface area contributed by atoms with Crippen LogP contribution in [-0.2, 0) is 10.3 Å². The molecule has 0 unspecified atom stereocenters. The van der Waals surface area contributed by atoms with Crippen LogP contribution >= 0.6 is 0 Å². The number of hydrogen-bond acceptors (Lipinski definition) is 5. The van der Waals surface area contributed by atoms with Crippen molar-refractivity contribution in [1.29, 1.82) is 0 Å². The molecule has 1 fully saturated rings. The lowest BCUT2D eigenvalue weighted by Gasteiger charge is -2.32. The first-order chi connectivity index (χ1) is 10.1. The molecule has 3 rings (SSSR count). The Balaban J connectivity index is 1.93. The highest BCUT2D eigenvalue weighted by Gasteiger charge is 2.38. The van der Waals surface area contributed by atoms with Gasteiger partial charge in [-0.3, -0.25) is 0 Å². The fraction of sp³-hybridized carbons (Fsp3) is 0.467. The normalized spacial score (nSPS) is 17.8. The lowest BCUT2D eigenvalue weighted by Crippen LogP contribution is -2.32. The smallest absolute Gasteiger partial charge is 0.258 e. The number of ether oxygens (including phenoxy) is 1. The van der Waals surface area contributed by atoms with Gasteiger partial charge >= 0.3 is 0 Å². The van der Waals surface area contributed by atoms with E-state index in [0.717, 1.165) is 25.7 Å². The van der Waals surface area contributed by atoms with E-state index in [1.54, 1.807) is 13.2 Å². The van der Waals surface area contributed by atoms with Gasteiger partial charge in [0.2, 0.25) is 5.82 Å². The van der Waals surface area contributed by atoms with Gasteiger partial charge in [0, 0.05) is 12.7 Å². The summed E-state index contributed by atoms with van der Waals surface area (Å²) in [6.07, 6.45) is 5.13. The van der Waals surface area contributed by atoms with Gasteiger partial charge in [-0.05, 0) is 31.0 Å². The summed E-state index contributed by atoms with van der Waals surface area (Å²) in [5.74, 6) is 0.431. The molecule has 0 bridgehead atoms. The second-order valence-corrected chi connectivity index (χ2v) is 5.42. The molecule has 2 N–H and O–H groups in total. The minimum Gasteiger partial charge on any atom is -0.396 e. The second-order valence-electron chi connectivity index (χ2n) is 5.42. The zero-order valence-electron chi connectivity index (χ0n) is 11.9. The fourth-order valence-corrected chi connectivity index (χ4v) is 2.84. The summed E-state index contributed by atoms with van der Waals surface area (Å²) in [6, 6.07) is 4.36. The SMILES string of the molecule is COC1(c2noc(-c3ccc(F)c(N)c3)n2)CCCCC1. The first-order valence-electron chi connectivity index (χ1n) is 7.09. The molecule has 0 amide bonds. The molecule has 0 radical (unpaired) electrons. The van der Waals surface area contributed by atoms with Crippen molar-refractivity contribution in [3.8, 4) is 11.5 Å². The number of nitrogens with two attached hydrogens (primary N) is 1. The van der Waals surface area contributed by atoms with Crippen LogP contribution in [-0.4, -0.2) is 17.3 Å². The molecule has 21 heavy (non-hydrogen) atoms. The Morgan fingerprint density at radius 2 is 2.05 bits per heavy atom. The van der Waals surface area contributed by atoms with Gasteiger partial charge in [0.1, 0.15) is 11.4 Å². The molecule has 2 aromatic rings. The molecule has 112 valence electrons. The zero-order chi connectivity index (χ0) is 14.9. The second kappa shape index (κ2) is 5.44. The van der Waals surface area contributed by atoms with Crippen molar-refractivity contribution >= 4 is 5.69 Å². The molecular weight excluding hydrogens is 273 g/mol. The number of benzene rings is 1. The van der Waals surface area contributed by atoms with Crippen LogP contribution in [0.2, 0.25) is 0 Å². The largest absolute Gasteiger partial charge is 0.396 e. The molecule has 1 aromatic heterocycles. The molecular formula is C15H18FN3O2. The minimum absolute atomic E-state index is 0.0615. The first kappa shape index (κ1) is 14.0. The Morgan fingerprint density at radius 3 is 2.71 bits per heavy atom. The van der Waals surface area contributed by atoms with Gasteiger partial charge in [0.05, 0.1) is 5.69 Å². The summed E-state index contributed by atoms with van der Waals surface area (Å²) in [4.78, 5) is 4.44. The molecule has 1 aliphatic rings. The highest BCUT2D eigenvalue weighted by atomic mass is 19.1. The number of nitrogen functional groups attached to an aromatic ring is 1. The Morgan fingerprint density at radius 1 is 1.29 bits per heavy atom. The molecule has 0 atom stereocenters. The minimum atomic E-state index is -0.467. The van der Waals surface area contributed by atoms with Gasteiger partial charge < -0.3 is 15.0 Å². The van der Waals surface area contributed by atoms with Crippen molar-refractivity contribution < 1.29 is 13.7 Å². The van der Waals surface area contributed by atoms with E-state index < -0.39 is 11.4 Å². The van der Waals surface area contributed by atoms with Crippen molar-refractivity contribution in [2.45, 2.75) is 37.7 Å². The predicted octanol–water partition coefficient (Wildman–Crippen LogP) is 3.26. The van der Waals surface area contributed by atoms with E-state index in [1.807, 2.05) is 0 Å². The number of rotatable bonds is 3. The third kappa shape index (κ3) is 2.51. The van der Waals surface area contributed by atoms with Crippen molar-refractivity contribution in [2.75, 3.05) is 12.8 Å². The molecule has 1 saturated carbocycles. The summed E-state index contributed by atoms with van der Waals surface area (Å²) >= 11 is 0. The molecule has 0 saturated heterocycles. The molecule has 1 aromatic carbocycles. The van der Waals surface area contributed by atoms with E-state index >= 15 is 0 Å². The topological polar surface area (TPSA) is 74.2 Å². The Labute approximate surface area is 122 Å². The van der Waals surface area contributed by atoms with E-state index in [9.17, 15) is 4.39 Å². The van der Waals surface area contributed by atoms with Crippen LogP contribution in [0.4, 0.5) is 10.1 Å². The molecule has 5 nitrogen and oxygen atoms in total. The van der Waals surface area contributed by atoms with Gasteiger partial charge in [-0.25, -0.2) is 4.39 Å². The van der Waals surface area contributed by atoms with Crippen LogP contribution in [0.3, 0.4) is 0 Å². The molecule has 0 aliphatic heterocycles. The number of hydrogen-bond donors (Lipinski definition) is 1. The Bertz CT molecular complexity index is 636. The van der Waals surface area contributed by atoms with Crippen LogP contribution in [0.15, 0.2) is 22.7 Å². The standard InChI is InChI=1S/C15H18FN3O2/c1-20-15(7-3-2-4-8-15)14-18-13(21-19-14)10-5-6-11(16)12(17)9-10/h5-6,9H,2-4,7-8,17H2,1H3. The summed E-state index contributed by atoms with van der Waals surface area (Å²) in [7, 11) is 1.68. The van der Waals surface area contributed by atoms with Crippen molar-refractivity contribution in [1.82, 2.24) is 10.1 Å². The summed E-state index contributed by atoms with van der Waals surface area (Å²) < 4.78 is 24.2. The molecule has 1 heterocycles. The summed E-state index contributed by atoms with van der Waals surface area (Å²) in [6.45, 7) is 0. The third-order valence-electron chi connectivity index (χ3n) is 4.13. The fourth-order valence-electron chi connectivity index (χ4n) is 2.84. The zero-order valence-corrected chi connectivity index (χ0v) is 11.9. The average Bonchev–Trinajstić information content (AvgIpc) is 3.01. The van der Waals surface area contributed by atoms with Gasteiger partial charge in [0.25, 0.3) is 5.89 Å². The van der Waals surface area contributed by atoms with Crippen LogP contribution in [0, 0.1) is 5.82 Å². The maximum Gasteiger partial charge on any atom is 0.258 e. The summed E-state index contributed by atoms with van der Waals surface area (Å²) in [5.41, 5.74) is 5.77. The van der Waals surface area contributed by atoms with Gasteiger partial charge in [0.15, 0.2) is 0 Å². The predicted molar refractivity (Wildman–Crippen MR) is 75.9 cm³/mol. The van der Waals surface area contributed by atoms with Crippen molar-refractivity contribution in [3.05, 3.63) is 29.8 Å². The third-order valence-corrected chi connectivity index (χ3v) is 4.13. The monoisotopic (exact) mass is 291 g/mol. The molecule has 1 aliphatic carbocycles. The van der Waals surface area contributed by atoms with Crippen LogP contribution in [0.5, 0.6) is 0 Å². The lowest BCUT2D eigenvalue weighted by molar-refractivity contribution is -0.0527. The van der Waals surface area contributed by atoms with E-state index in [1.165, 1.54) is 18.6 Å². The van der Waals surface area contributed by atoms with E-state index in [0.29, 0.717) is 17.3 Å². The number of nitrogens with zero attached hydrogens (tertiary/aromatic N) is 2. The maximum atomic E-state index is 13.2. The van der Waals surface area contributed by atoms with Gasteiger partial charge in [-0.1, -0.05) is 24.4 Å². The lowest BCUT2D eigenvalue weighted by atomic mass is 9.84. The highest BCUT2D eigenvalue weighted by molar-refractivity contribution is 5.60. The summed E-state index contributed by atoms with van der Waals surface area (Å²) in [5, 5.41) is 4.07. The number of aromatic nitrogens is 2. The molecule has 6 heteroatoms. The first-order valence-corrected chi connectivity index (χ1v) is 7.09. The van der Waals surface area contributed by atoms with Gasteiger partial charge in [-0.15, -0.1) is 0 Å². The Kier molecular flexibility index (Phi) is 3.63. The van der Waals surface area contributed by atoms with Gasteiger partial charge in [-0.2, -0.15) is 4.98 Å². The van der Waals surface area contributed by atoms with E-state index in [-0.39, 0.29) is 5.69 Å². The maximum absolute atomic E-state index is 13.2. The average molecular weight is 291 g/mol. The quantitative estimate of drug-likeness (QED) is 0.878. The van der Waals surface area contributed by atoms with Crippen LogP contribution in [0.25, 0.3) is 11.5 Å². The van der Waals surface area contributed by atoms with E-state index in [2.05, 4.69) is 10.1 Å². The number of halogens is 1. The van der Waals surface area contributed by atoms with E-state index in [4.69, 9.17) is 15.0 Å². The number of methoxy groups -OCH3 is 1.